The predicted molar refractivity (Wildman–Crippen MR) is 74.8 cm³/mol. The van der Waals surface area contributed by atoms with E-state index < -0.39 is 0 Å². The Morgan fingerprint density at radius 3 is 2.83 bits per heavy atom. The van der Waals surface area contributed by atoms with Crippen LogP contribution in [0.3, 0.4) is 0 Å². The van der Waals surface area contributed by atoms with Crippen molar-refractivity contribution in [2.24, 2.45) is 9.98 Å². The zero-order valence-corrected chi connectivity index (χ0v) is 11.5. The molecule has 1 aliphatic rings. The van der Waals surface area contributed by atoms with Crippen LogP contribution in [0.5, 0.6) is 0 Å². The van der Waals surface area contributed by atoms with E-state index in [-0.39, 0.29) is 6.61 Å². The second-order valence-electron chi connectivity index (χ2n) is 4.27. The topological polar surface area (TPSA) is 43.2 Å². The number of ether oxygens (including phenoxy) is 2. The van der Waals surface area contributed by atoms with Gasteiger partial charge in [-0.05, 0) is 26.8 Å². The number of methoxy groups -OCH3 is 1. The summed E-state index contributed by atoms with van der Waals surface area (Å²) in [6, 6.07) is 0. The van der Waals surface area contributed by atoms with Crippen molar-refractivity contribution in [2.45, 2.75) is 27.2 Å². The summed E-state index contributed by atoms with van der Waals surface area (Å²) >= 11 is 0. The first kappa shape index (κ1) is 14.2. The van der Waals surface area contributed by atoms with Gasteiger partial charge < -0.3 is 9.47 Å². The van der Waals surface area contributed by atoms with Crippen LogP contribution in [0.1, 0.15) is 27.2 Å². The Hall–Kier alpha value is -1.84. The van der Waals surface area contributed by atoms with Crippen LogP contribution in [0.15, 0.2) is 45.9 Å². The van der Waals surface area contributed by atoms with E-state index >= 15 is 0 Å². The molecule has 0 saturated carbocycles. The Morgan fingerprint density at radius 2 is 2.22 bits per heavy atom. The van der Waals surface area contributed by atoms with Crippen molar-refractivity contribution in [1.29, 1.82) is 0 Å². The first-order valence-corrected chi connectivity index (χ1v) is 5.81. The van der Waals surface area contributed by atoms with Gasteiger partial charge in [0.25, 0.3) is 0 Å². The van der Waals surface area contributed by atoms with Crippen molar-refractivity contribution in [2.75, 3.05) is 13.7 Å². The van der Waals surface area contributed by atoms with E-state index in [1.54, 1.807) is 13.3 Å². The van der Waals surface area contributed by atoms with Crippen molar-refractivity contribution >= 4 is 11.6 Å². The molecule has 0 amide bonds. The minimum Gasteiger partial charge on any atom is -0.486 e. The van der Waals surface area contributed by atoms with Crippen LogP contribution in [0.25, 0.3) is 0 Å². The molecule has 0 spiro atoms. The lowest BCUT2D eigenvalue weighted by atomic mass is 10.1. The lowest BCUT2D eigenvalue weighted by Crippen LogP contribution is -2.11. The number of rotatable bonds is 4. The summed E-state index contributed by atoms with van der Waals surface area (Å²) in [5, 5.41) is 0. The van der Waals surface area contributed by atoms with E-state index in [1.807, 2.05) is 19.9 Å². The zero-order valence-electron chi connectivity index (χ0n) is 11.5. The van der Waals surface area contributed by atoms with Crippen LogP contribution in [-0.2, 0) is 9.47 Å². The highest BCUT2D eigenvalue weighted by Crippen LogP contribution is 2.15. The van der Waals surface area contributed by atoms with E-state index in [0.29, 0.717) is 11.6 Å². The van der Waals surface area contributed by atoms with Gasteiger partial charge in [-0.25, -0.2) is 4.99 Å². The molecule has 0 aliphatic carbocycles. The molecule has 4 nitrogen and oxygen atoms in total. The summed E-state index contributed by atoms with van der Waals surface area (Å²) in [4.78, 5) is 8.41. The molecule has 4 heteroatoms. The zero-order chi connectivity index (χ0) is 13.5. The van der Waals surface area contributed by atoms with Gasteiger partial charge in [-0.15, -0.1) is 0 Å². The van der Waals surface area contributed by atoms with Gasteiger partial charge in [0.1, 0.15) is 5.76 Å². The molecule has 0 bridgehead atoms. The largest absolute Gasteiger partial charge is 0.486 e. The quantitative estimate of drug-likeness (QED) is 0.566. The van der Waals surface area contributed by atoms with Gasteiger partial charge in [0.15, 0.2) is 6.61 Å². The van der Waals surface area contributed by atoms with Gasteiger partial charge in [0.05, 0.1) is 13.3 Å². The first-order chi connectivity index (χ1) is 8.51. The van der Waals surface area contributed by atoms with Crippen LogP contribution in [-0.4, -0.2) is 25.3 Å². The fraction of sp³-hybridized carbons (Fsp3) is 0.429. The molecule has 0 saturated heterocycles. The monoisotopic (exact) mass is 248 g/mol. The average molecular weight is 248 g/mol. The molecule has 0 aromatic heterocycles. The van der Waals surface area contributed by atoms with E-state index in [2.05, 4.69) is 23.5 Å². The lowest BCUT2D eigenvalue weighted by molar-refractivity contribution is 0.224. The van der Waals surface area contributed by atoms with Gasteiger partial charge in [-0.3, -0.25) is 4.99 Å². The van der Waals surface area contributed by atoms with Gasteiger partial charge in [-0.2, -0.15) is 0 Å². The first-order valence-electron chi connectivity index (χ1n) is 5.81. The van der Waals surface area contributed by atoms with E-state index in [1.165, 1.54) is 5.57 Å². The van der Waals surface area contributed by atoms with Gasteiger partial charge in [0.2, 0.25) is 5.90 Å². The van der Waals surface area contributed by atoms with Crippen molar-refractivity contribution in [3.05, 3.63) is 35.9 Å². The van der Waals surface area contributed by atoms with Gasteiger partial charge in [-0.1, -0.05) is 12.2 Å². The minimum absolute atomic E-state index is 0.289. The standard InChI is InChI=1S/C14H20N2O2/c1-10(2)16-14(17-5)9-18-13-7-11(3)6-12(4)15-8-13/h6,8H,1,7,9H2,2-5H3/b16-14-. The third kappa shape index (κ3) is 4.99. The molecule has 0 aromatic rings. The number of aliphatic imine (C=N–C) groups is 2. The minimum atomic E-state index is 0.289. The van der Waals surface area contributed by atoms with Crippen LogP contribution >= 0.6 is 0 Å². The molecular formula is C14H20N2O2. The Morgan fingerprint density at radius 1 is 1.50 bits per heavy atom. The molecule has 0 aromatic carbocycles. The summed E-state index contributed by atoms with van der Waals surface area (Å²) in [7, 11) is 1.57. The molecule has 0 atom stereocenters. The highest BCUT2D eigenvalue weighted by Gasteiger charge is 2.07. The van der Waals surface area contributed by atoms with Gasteiger partial charge in [0, 0.05) is 17.8 Å². The lowest BCUT2D eigenvalue weighted by Gasteiger charge is -2.10. The van der Waals surface area contributed by atoms with Crippen molar-refractivity contribution in [1.82, 2.24) is 0 Å². The SMILES string of the molecule is C=C(C)/N=C(/COC1=CN=C(C)C=C(C)C1)OC. The maximum absolute atomic E-state index is 5.65. The summed E-state index contributed by atoms with van der Waals surface area (Å²) in [5.41, 5.74) is 2.89. The summed E-state index contributed by atoms with van der Waals surface area (Å²) in [6.45, 7) is 9.83. The number of allylic oxidation sites excluding steroid dienone is 3. The highest BCUT2D eigenvalue weighted by atomic mass is 16.5. The molecule has 0 fully saturated rings. The fourth-order valence-electron chi connectivity index (χ4n) is 1.53. The molecule has 1 aliphatic heterocycles. The second-order valence-corrected chi connectivity index (χ2v) is 4.27. The molecule has 0 unspecified atom stereocenters. The average Bonchev–Trinajstić information content (AvgIpc) is 2.45. The third-order valence-electron chi connectivity index (χ3n) is 2.25. The van der Waals surface area contributed by atoms with Gasteiger partial charge >= 0.3 is 0 Å². The van der Waals surface area contributed by atoms with Crippen molar-refractivity contribution in [3.63, 3.8) is 0 Å². The number of hydrogen-bond acceptors (Lipinski definition) is 4. The van der Waals surface area contributed by atoms with Crippen LogP contribution in [0, 0.1) is 0 Å². The molecule has 1 rings (SSSR count). The fourth-order valence-corrected chi connectivity index (χ4v) is 1.53. The number of hydrogen-bond donors (Lipinski definition) is 0. The predicted octanol–water partition coefficient (Wildman–Crippen LogP) is 3.23. The maximum atomic E-state index is 5.65. The number of nitrogens with zero attached hydrogens (tertiary/aromatic N) is 2. The molecule has 18 heavy (non-hydrogen) atoms. The van der Waals surface area contributed by atoms with E-state index in [0.717, 1.165) is 17.9 Å². The van der Waals surface area contributed by atoms with Crippen LogP contribution < -0.4 is 0 Å². The van der Waals surface area contributed by atoms with Crippen LogP contribution in [0.2, 0.25) is 0 Å². The van der Waals surface area contributed by atoms with Crippen LogP contribution in [0.4, 0.5) is 0 Å². The smallest absolute Gasteiger partial charge is 0.227 e. The highest BCUT2D eigenvalue weighted by molar-refractivity contribution is 5.94. The molecule has 0 N–H and O–H groups in total. The second kappa shape index (κ2) is 6.79. The summed E-state index contributed by atoms with van der Waals surface area (Å²) < 4.78 is 10.8. The summed E-state index contributed by atoms with van der Waals surface area (Å²) in [5.74, 6) is 1.32. The molecule has 1 heterocycles. The Labute approximate surface area is 108 Å². The molecule has 0 radical (unpaired) electrons. The Kier molecular flexibility index (Phi) is 5.36. The third-order valence-corrected chi connectivity index (χ3v) is 2.25. The Bertz CT molecular complexity index is 443. The molecular weight excluding hydrogens is 228 g/mol. The van der Waals surface area contributed by atoms with E-state index in [4.69, 9.17) is 9.47 Å². The molecule has 98 valence electrons. The van der Waals surface area contributed by atoms with E-state index in [9.17, 15) is 0 Å². The maximum Gasteiger partial charge on any atom is 0.227 e. The normalized spacial score (nSPS) is 16.2. The van der Waals surface area contributed by atoms with Crippen molar-refractivity contribution < 1.29 is 9.47 Å². The van der Waals surface area contributed by atoms with Crippen molar-refractivity contribution in [3.8, 4) is 0 Å². The Balaban J connectivity index is 2.64. The summed E-state index contributed by atoms with van der Waals surface area (Å²) in [6.07, 6.45) is 4.55.